The van der Waals surface area contributed by atoms with Crippen molar-refractivity contribution < 1.29 is 14.2 Å². The molecule has 0 aromatic heterocycles. The van der Waals surface area contributed by atoms with Crippen LogP contribution < -0.4 is 15.2 Å². The van der Waals surface area contributed by atoms with Gasteiger partial charge in [-0.1, -0.05) is 6.07 Å². The summed E-state index contributed by atoms with van der Waals surface area (Å²) in [6.07, 6.45) is 0.799. The molecule has 4 heteroatoms. The van der Waals surface area contributed by atoms with Crippen molar-refractivity contribution in [1.29, 1.82) is 0 Å². The number of ether oxygens (including phenoxy) is 3. The van der Waals surface area contributed by atoms with Crippen molar-refractivity contribution in [3.05, 3.63) is 23.8 Å². The highest BCUT2D eigenvalue weighted by molar-refractivity contribution is 5.43. The Morgan fingerprint density at radius 1 is 1.17 bits per heavy atom. The van der Waals surface area contributed by atoms with Crippen molar-refractivity contribution in [3.63, 3.8) is 0 Å². The summed E-state index contributed by atoms with van der Waals surface area (Å²) < 4.78 is 16.2. The van der Waals surface area contributed by atoms with Crippen molar-refractivity contribution in [3.8, 4) is 11.5 Å². The van der Waals surface area contributed by atoms with Crippen LogP contribution >= 0.6 is 0 Å². The monoisotopic (exact) mass is 253 g/mol. The first-order valence-corrected chi connectivity index (χ1v) is 6.15. The second-order valence-corrected chi connectivity index (χ2v) is 4.55. The maximum absolute atomic E-state index is 5.81. The van der Waals surface area contributed by atoms with Gasteiger partial charge in [-0.15, -0.1) is 0 Å². The van der Waals surface area contributed by atoms with Crippen LogP contribution in [0.15, 0.2) is 18.2 Å². The van der Waals surface area contributed by atoms with Crippen molar-refractivity contribution >= 4 is 0 Å². The largest absolute Gasteiger partial charge is 0.493 e. The highest BCUT2D eigenvalue weighted by Crippen LogP contribution is 2.29. The Labute approximate surface area is 109 Å². The summed E-state index contributed by atoms with van der Waals surface area (Å²) in [5.41, 5.74) is 6.95. The van der Waals surface area contributed by atoms with Gasteiger partial charge in [0.2, 0.25) is 0 Å². The molecule has 1 aromatic rings. The van der Waals surface area contributed by atoms with Gasteiger partial charge in [0.1, 0.15) is 6.10 Å². The van der Waals surface area contributed by atoms with E-state index in [0.29, 0.717) is 6.61 Å². The lowest BCUT2D eigenvalue weighted by Crippen LogP contribution is -2.19. The zero-order valence-corrected chi connectivity index (χ0v) is 11.6. The average molecular weight is 253 g/mol. The minimum atomic E-state index is -0.0190. The van der Waals surface area contributed by atoms with Crippen LogP contribution in [-0.2, 0) is 11.2 Å². The van der Waals surface area contributed by atoms with Crippen molar-refractivity contribution in [2.45, 2.75) is 32.4 Å². The van der Waals surface area contributed by atoms with Gasteiger partial charge in [-0.2, -0.15) is 0 Å². The van der Waals surface area contributed by atoms with Crippen LogP contribution in [-0.4, -0.2) is 33.0 Å². The molecule has 0 aliphatic heterocycles. The minimum Gasteiger partial charge on any atom is -0.493 e. The Hall–Kier alpha value is -1.26. The van der Waals surface area contributed by atoms with Gasteiger partial charge in [-0.05, 0) is 38.0 Å². The van der Waals surface area contributed by atoms with Crippen LogP contribution in [0.5, 0.6) is 11.5 Å². The van der Waals surface area contributed by atoms with Crippen LogP contribution in [0.25, 0.3) is 0 Å². The number of methoxy groups -OCH3 is 2. The lowest BCUT2D eigenvalue weighted by molar-refractivity contribution is 0.0899. The number of benzene rings is 1. The lowest BCUT2D eigenvalue weighted by atomic mass is 10.1. The molecule has 1 aromatic carbocycles. The zero-order valence-electron chi connectivity index (χ0n) is 11.6. The van der Waals surface area contributed by atoms with E-state index in [9.17, 15) is 0 Å². The van der Waals surface area contributed by atoms with Gasteiger partial charge in [0.05, 0.1) is 13.7 Å². The molecule has 0 fully saturated rings. The Bertz CT molecular complexity index is 366. The van der Waals surface area contributed by atoms with Gasteiger partial charge in [-0.3, -0.25) is 0 Å². The fraction of sp³-hybridized carbons (Fsp3) is 0.571. The second kappa shape index (κ2) is 7.24. The smallest absolute Gasteiger partial charge is 0.161 e. The van der Waals surface area contributed by atoms with Gasteiger partial charge in [-0.25, -0.2) is 0 Å². The van der Waals surface area contributed by atoms with Gasteiger partial charge in [0.25, 0.3) is 0 Å². The van der Waals surface area contributed by atoms with Crippen LogP contribution in [0.3, 0.4) is 0 Å². The molecule has 0 spiro atoms. The molecule has 4 nitrogen and oxygen atoms in total. The van der Waals surface area contributed by atoms with Gasteiger partial charge in [0.15, 0.2) is 11.5 Å². The molecule has 0 aliphatic carbocycles. The second-order valence-electron chi connectivity index (χ2n) is 4.55. The molecule has 2 atom stereocenters. The Morgan fingerprint density at radius 2 is 1.89 bits per heavy atom. The average Bonchev–Trinajstić information content (AvgIpc) is 2.28. The van der Waals surface area contributed by atoms with E-state index in [-0.39, 0.29) is 12.1 Å². The van der Waals surface area contributed by atoms with E-state index in [2.05, 4.69) is 0 Å². The SMILES string of the molecule is COCC(C)Oc1cc(CC(C)N)ccc1OC. The van der Waals surface area contributed by atoms with Crippen molar-refractivity contribution in [2.24, 2.45) is 5.73 Å². The molecule has 0 amide bonds. The van der Waals surface area contributed by atoms with E-state index in [1.807, 2.05) is 32.0 Å². The molecular weight excluding hydrogens is 230 g/mol. The molecule has 0 saturated heterocycles. The first kappa shape index (κ1) is 14.8. The maximum Gasteiger partial charge on any atom is 0.161 e. The molecule has 2 N–H and O–H groups in total. The van der Waals surface area contributed by atoms with Crippen molar-refractivity contribution in [1.82, 2.24) is 0 Å². The summed E-state index contributed by atoms with van der Waals surface area (Å²) in [6, 6.07) is 6.03. The van der Waals surface area contributed by atoms with E-state index in [1.54, 1.807) is 14.2 Å². The summed E-state index contributed by atoms with van der Waals surface area (Å²) in [4.78, 5) is 0. The van der Waals surface area contributed by atoms with Crippen LogP contribution in [0, 0.1) is 0 Å². The third kappa shape index (κ3) is 4.55. The Kier molecular flexibility index (Phi) is 5.95. The van der Waals surface area contributed by atoms with Gasteiger partial charge >= 0.3 is 0 Å². The fourth-order valence-corrected chi connectivity index (χ4v) is 1.80. The van der Waals surface area contributed by atoms with Gasteiger partial charge < -0.3 is 19.9 Å². The van der Waals surface area contributed by atoms with E-state index in [0.717, 1.165) is 23.5 Å². The predicted octanol–water partition coefficient (Wildman–Crippen LogP) is 2.00. The summed E-state index contributed by atoms with van der Waals surface area (Å²) >= 11 is 0. The highest BCUT2D eigenvalue weighted by atomic mass is 16.5. The van der Waals surface area contributed by atoms with Crippen LogP contribution in [0.1, 0.15) is 19.4 Å². The minimum absolute atomic E-state index is 0.0190. The zero-order chi connectivity index (χ0) is 13.5. The van der Waals surface area contributed by atoms with Crippen LogP contribution in [0.4, 0.5) is 0 Å². The van der Waals surface area contributed by atoms with Crippen LogP contribution in [0.2, 0.25) is 0 Å². The lowest BCUT2D eigenvalue weighted by Gasteiger charge is -2.17. The number of nitrogens with two attached hydrogens (primary N) is 1. The molecule has 0 heterocycles. The van der Waals surface area contributed by atoms with E-state index in [1.165, 1.54) is 0 Å². The predicted molar refractivity (Wildman–Crippen MR) is 72.3 cm³/mol. The van der Waals surface area contributed by atoms with E-state index in [4.69, 9.17) is 19.9 Å². The van der Waals surface area contributed by atoms with Crippen molar-refractivity contribution in [2.75, 3.05) is 20.8 Å². The number of hydrogen-bond donors (Lipinski definition) is 1. The summed E-state index contributed by atoms with van der Waals surface area (Å²) in [5, 5.41) is 0. The molecule has 1 rings (SSSR count). The highest BCUT2D eigenvalue weighted by Gasteiger charge is 2.10. The molecule has 0 saturated carbocycles. The Morgan fingerprint density at radius 3 is 2.44 bits per heavy atom. The molecule has 0 radical (unpaired) electrons. The molecule has 18 heavy (non-hydrogen) atoms. The quantitative estimate of drug-likeness (QED) is 0.807. The topological polar surface area (TPSA) is 53.7 Å². The molecule has 0 bridgehead atoms. The fourth-order valence-electron chi connectivity index (χ4n) is 1.80. The Balaban J connectivity index is 2.84. The summed E-state index contributed by atoms with van der Waals surface area (Å²) in [6.45, 7) is 4.49. The summed E-state index contributed by atoms with van der Waals surface area (Å²) in [7, 11) is 3.29. The molecule has 2 unspecified atom stereocenters. The third-order valence-corrected chi connectivity index (χ3v) is 2.52. The molecular formula is C14H23NO3. The van der Waals surface area contributed by atoms with E-state index >= 15 is 0 Å². The third-order valence-electron chi connectivity index (χ3n) is 2.52. The molecule has 102 valence electrons. The summed E-state index contributed by atoms with van der Waals surface area (Å²) in [5.74, 6) is 1.46. The van der Waals surface area contributed by atoms with E-state index < -0.39 is 0 Å². The van der Waals surface area contributed by atoms with Gasteiger partial charge in [0, 0.05) is 13.2 Å². The molecule has 0 aliphatic rings. The maximum atomic E-state index is 5.81. The normalized spacial score (nSPS) is 14.1. The first-order valence-electron chi connectivity index (χ1n) is 6.15. The number of rotatable bonds is 7. The standard InChI is InChI=1S/C14H23NO3/c1-10(15)7-12-5-6-13(17-4)14(8-12)18-11(2)9-16-3/h5-6,8,10-11H,7,9,15H2,1-4H3. The number of hydrogen-bond acceptors (Lipinski definition) is 4. The first-order chi connectivity index (χ1) is 8.56.